The summed E-state index contributed by atoms with van der Waals surface area (Å²) in [5, 5.41) is 64.6. The number of amides is 4. The SMILES string of the molecule is CC(c1ccc(Cl)cc1Cl)n1cnc2ccc(N3CCN(C(=O)C4CCN4)[C@H](C)C3)cc21.CC(c1ccc(Cl)cc1Cl)n1cnc2ccc(N3CCN(C(=O)[C@H]4CCCN4)[C@H](CO)C3)cc21.CC(c1ccc(Cl)cc1Cl)n1nnc2ccc(N3CCN(C(=O)[C@H]4CCCN4)[C@H](CO)C3)cc21.CC(c1ccc(Cl)cc1F)n1nnc2ccc(N3CCN(C(=O)[C@H]4CCCCN4)[C@H](CO)C3)cc21. The van der Waals surface area contributed by atoms with Crippen LogP contribution in [0.2, 0.25) is 35.2 Å². The van der Waals surface area contributed by atoms with Crippen molar-refractivity contribution in [3.63, 3.8) is 0 Å². The summed E-state index contributed by atoms with van der Waals surface area (Å²) >= 11 is 43.6. The van der Waals surface area contributed by atoms with Gasteiger partial charge in [0.05, 0.1) is 132 Å². The van der Waals surface area contributed by atoms with Crippen LogP contribution in [0.4, 0.5) is 27.1 Å². The molecule has 714 valence electrons. The van der Waals surface area contributed by atoms with E-state index >= 15 is 0 Å². The molecule has 7 N–H and O–H groups in total. The first-order valence-corrected chi connectivity index (χ1v) is 49.4. The maximum Gasteiger partial charge on any atom is 0.240 e. The lowest BCUT2D eigenvalue weighted by atomic mass is 10.0. The Morgan fingerprint density at radius 1 is 0.370 bits per heavy atom. The molecule has 12 aromatic rings. The molecule has 0 bridgehead atoms. The molecule has 5 unspecified atom stereocenters. The minimum Gasteiger partial charge on any atom is -0.394 e. The van der Waals surface area contributed by atoms with E-state index in [4.69, 9.17) is 81.2 Å². The van der Waals surface area contributed by atoms with Crippen molar-refractivity contribution in [2.24, 2.45) is 0 Å². The smallest absolute Gasteiger partial charge is 0.240 e. The molecular formula is C98H114Cl7FN22O7. The largest absolute Gasteiger partial charge is 0.394 e. The van der Waals surface area contributed by atoms with Crippen LogP contribution in [-0.4, -0.2) is 281 Å². The van der Waals surface area contributed by atoms with Gasteiger partial charge in [0.15, 0.2) is 0 Å². The number of nitrogens with one attached hydrogen (secondary N) is 4. The summed E-state index contributed by atoms with van der Waals surface area (Å²) in [6.07, 6.45) is 11.4. The van der Waals surface area contributed by atoms with Crippen LogP contribution in [0.15, 0.2) is 158 Å². The molecule has 29 nitrogen and oxygen atoms in total. The van der Waals surface area contributed by atoms with Crippen molar-refractivity contribution >= 4 is 172 Å². The molecule has 0 radical (unpaired) electrons. The number of fused-ring (bicyclic) bond motifs is 4. The van der Waals surface area contributed by atoms with E-state index < -0.39 is 0 Å². The first-order chi connectivity index (χ1) is 65.3. The molecule has 20 rings (SSSR count). The molecule has 8 aliphatic heterocycles. The molecule has 8 aromatic carbocycles. The minimum atomic E-state index is -0.385. The second-order valence-corrected chi connectivity index (χ2v) is 39.3. The number of piperidine rings is 1. The van der Waals surface area contributed by atoms with Gasteiger partial charge < -0.3 is 84.9 Å². The van der Waals surface area contributed by atoms with Crippen molar-refractivity contribution in [3.05, 3.63) is 221 Å². The molecule has 4 aromatic heterocycles. The van der Waals surface area contributed by atoms with Crippen molar-refractivity contribution in [2.75, 3.05) is 144 Å². The van der Waals surface area contributed by atoms with Gasteiger partial charge in [0.25, 0.3) is 0 Å². The van der Waals surface area contributed by atoms with E-state index in [1.807, 2.05) is 124 Å². The Bertz CT molecular complexity index is 6060. The van der Waals surface area contributed by atoms with Crippen molar-refractivity contribution in [1.29, 1.82) is 0 Å². The van der Waals surface area contributed by atoms with Crippen LogP contribution in [0.25, 0.3) is 44.1 Å². The highest BCUT2D eigenvalue weighted by Gasteiger charge is 2.41. The maximum atomic E-state index is 14.6. The highest BCUT2D eigenvalue weighted by Crippen LogP contribution is 2.39. The number of anilines is 4. The van der Waals surface area contributed by atoms with Crippen molar-refractivity contribution in [1.82, 2.24) is 90.0 Å². The normalized spacial score (nSPS) is 22.0. The molecule has 12 heterocycles. The van der Waals surface area contributed by atoms with Gasteiger partial charge in [-0.15, -0.1) is 10.2 Å². The molecule has 8 fully saturated rings. The third-order valence-electron chi connectivity index (χ3n) is 28.0. The molecule has 8 aliphatic rings. The zero-order chi connectivity index (χ0) is 94.6. The van der Waals surface area contributed by atoms with Gasteiger partial charge in [-0.3, -0.25) is 19.2 Å². The maximum absolute atomic E-state index is 14.6. The van der Waals surface area contributed by atoms with Crippen LogP contribution in [0.5, 0.6) is 0 Å². The number of aliphatic hydroxyl groups is 3. The third kappa shape index (κ3) is 21.2. The van der Waals surface area contributed by atoms with Crippen LogP contribution < -0.4 is 40.9 Å². The van der Waals surface area contributed by atoms with Crippen molar-refractivity contribution in [3.8, 4) is 0 Å². The van der Waals surface area contributed by atoms with E-state index in [2.05, 4.69) is 138 Å². The number of nitrogens with zero attached hydrogens (tertiary/aromatic N) is 18. The van der Waals surface area contributed by atoms with Crippen LogP contribution in [0.1, 0.15) is 132 Å². The molecule has 37 heteroatoms. The van der Waals surface area contributed by atoms with E-state index in [0.29, 0.717) is 105 Å². The van der Waals surface area contributed by atoms with Gasteiger partial charge >= 0.3 is 0 Å². The standard InChI is InChI=1S/C25H29Cl2N5O2.C25H30ClFN6O2.C24H28Cl2N6O2.C24H27Cl2N5O/c1-16(20-6-4-17(26)11-21(20)27)32-15-29-22-7-5-18(12-24(22)32)30-9-10-31(19(13-30)14-33)25(34)23-3-2-8-28-23;1-16(20-7-5-17(26)12-21(20)27)33-24-13-18(6-8-22(24)29-30-33)31-10-11-32(19(14-31)15-34)25(35)23-4-2-3-9-28-23;1-15(19-6-4-16(25)11-20(19)26)32-23-12-17(5-7-21(23)28-29-32)30-9-10-31(18(13-30)14-33)24(34)22-3-2-8-27-22;1-15-13-29(9-10-30(15)24(32)22-7-8-27-22)18-4-6-21-23(12-18)31(14-28-21)16(2)19-5-3-17(25)11-20(19)26/h4-7,11-12,15-16,19,23,28,33H,2-3,8-10,13-14H2,1H3;5-8,12-13,16,19,23,28,34H,2-4,9-11,14-15H2,1H3;4-7,11-12,15,18,22,27,33H,2-3,8-10,13-14H2,1H3;3-6,11-12,14-16,22,27H,7-10,13H2,1-2H3/t2*16?,19-,23+;15?,18-,22+;15-,16?,22?/m0001/s1. The number of hydrogen-bond acceptors (Lipinski definition) is 21. The second kappa shape index (κ2) is 43.1. The zero-order valence-corrected chi connectivity index (χ0v) is 81.4. The average Bonchev–Trinajstić information content (AvgIpc) is 1.68. The van der Waals surface area contributed by atoms with Crippen LogP contribution in [0, 0.1) is 5.82 Å². The van der Waals surface area contributed by atoms with Gasteiger partial charge in [-0.1, -0.05) is 122 Å². The molecule has 135 heavy (non-hydrogen) atoms. The predicted molar refractivity (Wildman–Crippen MR) is 532 cm³/mol. The fraction of sp³-hybridized carbons (Fsp3) is 0.449. The monoisotopic (exact) mass is 1970 g/mol. The van der Waals surface area contributed by atoms with Gasteiger partial charge in [-0.05, 0) is 244 Å². The number of piperazine rings is 4. The zero-order valence-electron chi connectivity index (χ0n) is 76.1. The number of benzene rings is 8. The summed E-state index contributed by atoms with van der Waals surface area (Å²) in [6.45, 7) is 21.4. The fourth-order valence-corrected chi connectivity index (χ4v) is 21.9. The summed E-state index contributed by atoms with van der Waals surface area (Å²) in [6, 6.07) is 44.3. The molecule has 0 spiro atoms. The molecular weight excluding hydrogens is 1860 g/mol. The van der Waals surface area contributed by atoms with Gasteiger partial charge in [0.2, 0.25) is 23.6 Å². The molecule has 12 atom stereocenters. The van der Waals surface area contributed by atoms with E-state index in [-0.39, 0.29) is 122 Å². The van der Waals surface area contributed by atoms with Gasteiger partial charge in [0.1, 0.15) is 16.9 Å². The summed E-state index contributed by atoms with van der Waals surface area (Å²) in [5.41, 5.74) is 14.6. The summed E-state index contributed by atoms with van der Waals surface area (Å²) < 4.78 is 22.4. The fourth-order valence-electron chi connectivity index (χ4n) is 20.1. The number of halogens is 8. The average molecular weight is 1980 g/mol. The van der Waals surface area contributed by atoms with Gasteiger partial charge in [-0.2, -0.15) is 0 Å². The number of carbonyl (C=O) groups excluding carboxylic acids is 4. The third-order valence-corrected chi connectivity index (χ3v) is 29.9. The number of aliphatic hydroxyl groups excluding tert-OH is 3. The van der Waals surface area contributed by atoms with E-state index in [0.717, 1.165) is 175 Å². The van der Waals surface area contributed by atoms with Crippen LogP contribution in [-0.2, 0) is 19.2 Å². The van der Waals surface area contributed by atoms with E-state index in [9.17, 15) is 38.9 Å². The number of hydrogen-bond donors (Lipinski definition) is 7. The van der Waals surface area contributed by atoms with E-state index in [1.54, 1.807) is 35.0 Å². The number of imidazole rings is 2. The quantitative estimate of drug-likeness (QED) is 0.0396. The predicted octanol–water partition coefficient (Wildman–Crippen LogP) is 14.2. The molecule has 0 aliphatic carbocycles. The van der Waals surface area contributed by atoms with Crippen LogP contribution in [0.3, 0.4) is 0 Å². The number of aromatic nitrogens is 10. The highest BCUT2D eigenvalue weighted by atomic mass is 35.5. The molecule has 8 saturated heterocycles. The second-order valence-electron chi connectivity index (χ2n) is 36.3. The number of carbonyl (C=O) groups is 4. The lowest BCUT2D eigenvalue weighted by Gasteiger charge is -2.43. The molecule has 4 amide bonds. The lowest BCUT2D eigenvalue weighted by molar-refractivity contribution is -0.138. The Hall–Kier alpha value is -9.74. The summed E-state index contributed by atoms with van der Waals surface area (Å²) in [7, 11) is 0. The van der Waals surface area contributed by atoms with Crippen molar-refractivity contribution in [2.45, 2.75) is 158 Å². The van der Waals surface area contributed by atoms with Crippen LogP contribution >= 0.6 is 81.2 Å². The summed E-state index contributed by atoms with van der Waals surface area (Å²) in [4.78, 5) is 77.4. The number of rotatable bonds is 19. The first kappa shape index (κ1) is 96.9. The Balaban J connectivity index is 0.000000125. The summed E-state index contributed by atoms with van der Waals surface area (Å²) in [5.74, 6) is 0.148. The molecule has 0 saturated carbocycles. The van der Waals surface area contributed by atoms with Gasteiger partial charge in [0, 0.05) is 148 Å². The Morgan fingerprint density at radius 2 is 0.696 bits per heavy atom. The Kier molecular flexibility index (Phi) is 31.0. The Morgan fingerprint density at radius 3 is 1.05 bits per heavy atom. The van der Waals surface area contributed by atoms with E-state index in [1.165, 1.54) is 6.07 Å². The topological polar surface area (TPSA) is 300 Å². The minimum absolute atomic E-state index is 0.0101. The van der Waals surface area contributed by atoms with Gasteiger partial charge in [-0.25, -0.2) is 23.7 Å². The lowest BCUT2D eigenvalue weighted by Crippen LogP contribution is -2.61. The highest BCUT2D eigenvalue weighted by molar-refractivity contribution is 6.36. The van der Waals surface area contributed by atoms with Crippen molar-refractivity contribution < 1.29 is 38.9 Å². The Labute approximate surface area is 819 Å². The first-order valence-electron chi connectivity index (χ1n) is 46.7.